The second-order valence-corrected chi connectivity index (χ2v) is 12.1. The number of fused-ring (bicyclic) bond motifs is 3. The molecule has 3 aliphatic rings. The van der Waals surface area contributed by atoms with E-state index in [0.29, 0.717) is 23.8 Å². The monoisotopic (exact) mass is 491 g/mol. The van der Waals surface area contributed by atoms with Crippen LogP contribution < -0.4 is 4.90 Å². The number of benzene rings is 3. The summed E-state index contributed by atoms with van der Waals surface area (Å²) in [6.45, 7) is 4.65. The fraction of sp³-hybridized carbons (Fsp3) is 0.500. The van der Waals surface area contributed by atoms with Crippen LogP contribution in [0.25, 0.3) is 0 Å². The van der Waals surface area contributed by atoms with Gasteiger partial charge in [-0.2, -0.15) is 0 Å². The standard InChI is InChI=1S/C36H45N/c1-3-11-26(4-2)29-16-20-32(21-17-29)37-35-22-18-30(27-12-7-5-8-13-27)24-33(35)34-25-31(19-23-36(34)37)28-14-9-6-10-15-28/h5,7-8,12-13,16-17,19-21,23,25-26,28,30,33,35H,3-4,6,9-11,14-15,18,22,24H2,1-2H3. The highest BCUT2D eigenvalue weighted by molar-refractivity contribution is 5.74. The van der Waals surface area contributed by atoms with Crippen molar-refractivity contribution in [1.29, 1.82) is 0 Å². The molecule has 2 fully saturated rings. The molecule has 2 aliphatic carbocycles. The molecule has 3 aromatic rings. The third-order valence-electron chi connectivity index (χ3n) is 9.98. The lowest BCUT2D eigenvalue weighted by molar-refractivity contribution is 0.361. The van der Waals surface area contributed by atoms with Crippen molar-refractivity contribution in [1.82, 2.24) is 0 Å². The second-order valence-electron chi connectivity index (χ2n) is 12.1. The van der Waals surface area contributed by atoms with Crippen LogP contribution in [0.15, 0.2) is 72.8 Å². The average Bonchev–Trinajstić information content (AvgIpc) is 3.30. The maximum Gasteiger partial charge on any atom is 0.0449 e. The molecule has 0 N–H and O–H groups in total. The third kappa shape index (κ3) is 4.87. The van der Waals surface area contributed by atoms with Gasteiger partial charge in [0, 0.05) is 23.3 Å². The Morgan fingerprint density at radius 3 is 2.27 bits per heavy atom. The first-order valence-electron chi connectivity index (χ1n) is 15.3. The van der Waals surface area contributed by atoms with Gasteiger partial charge in [0.25, 0.3) is 0 Å². The molecule has 0 saturated heterocycles. The van der Waals surface area contributed by atoms with Gasteiger partial charge in [-0.25, -0.2) is 0 Å². The molecule has 3 aromatic carbocycles. The molecular weight excluding hydrogens is 446 g/mol. The van der Waals surface area contributed by atoms with Crippen molar-refractivity contribution < 1.29 is 0 Å². The minimum atomic E-state index is 0.583. The van der Waals surface area contributed by atoms with Crippen LogP contribution in [0.4, 0.5) is 11.4 Å². The smallest absolute Gasteiger partial charge is 0.0449 e. The zero-order chi connectivity index (χ0) is 25.2. The molecule has 0 radical (unpaired) electrons. The van der Waals surface area contributed by atoms with Gasteiger partial charge in [0.2, 0.25) is 0 Å². The van der Waals surface area contributed by atoms with Crippen LogP contribution in [0.3, 0.4) is 0 Å². The lowest BCUT2D eigenvalue weighted by Crippen LogP contribution is -2.34. The Balaban J connectivity index is 1.35. The fourth-order valence-electron chi connectivity index (χ4n) is 7.98. The average molecular weight is 492 g/mol. The first kappa shape index (κ1) is 24.8. The maximum atomic E-state index is 2.73. The Bertz CT molecular complexity index is 1160. The quantitative estimate of drug-likeness (QED) is 0.318. The SMILES string of the molecule is CCCC(CC)c1ccc(N2c3ccc(C4CCCCC4)cc3C3CC(c4ccccc4)CCC32)cc1. The molecule has 4 unspecified atom stereocenters. The summed E-state index contributed by atoms with van der Waals surface area (Å²) in [7, 11) is 0. The van der Waals surface area contributed by atoms with E-state index in [1.807, 2.05) is 0 Å². The van der Waals surface area contributed by atoms with E-state index < -0.39 is 0 Å². The molecule has 0 bridgehead atoms. The van der Waals surface area contributed by atoms with Gasteiger partial charge in [-0.1, -0.05) is 94.1 Å². The number of nitrogens with zero attached hydrogens (tertiary/aromatic N) is 1. The highest BCUT2D eigenvalue weighted by atomic mass is 15.2. The maximum absolute atomic E-state index is 2.73. The molecule has 1 aliphatic heterocycles. The summed E-state index contributed by atoms with van der Waals surface area (Å²) in [5.74, 6) is 2.76. The van der Waals surface area contributed by atoms with Gasteiger partial charge in [-0.15, -0.1) is 0 Å². The van der Waals surface area contributed by atoms with Gasteiger partial charge in [-0.05, 0) is 103 Å². The predicted molar refractivity (Wildman–Crippen MR) is 158 cm³/mol. The molecule has 1 heteroatoms. The Morgan fingerprint density at radius 2 is 1.54 bits per heavy atom. The normalized spacial score (nSPS) is 24.5. The lowest BCUT2D eigenvalue weighted by Gasteiger charge is -2.37. The van der Waals surface area contributed by atoms with E-state index in [2.05, 4.69) is 91.5 Å². The summed E-state index contributed by atoms with van der Waals surface area (Å²) in [6, 6.07) is 29.2. The van der Waals surface area contributed by atoms with E-state index in [-0.39, 0.29) is 0 Å². The number of hydrogen-bond donors (Lipinski definition) is 0. The Hall–Kier alpha value is -2.54. The molecule has 37 heavy (non-hydrogen) atoms. The van der Waals surface area contributed by atoms with Crippen LogP contribution in [0.5, 0.6) is 0 Å². The molecular formula is C36H45N. The van der Waals surface area contributed by atoms with Crippen molar-refractivity contribution >= 4 is 11.4 Å². The van der Waals surface area contributed by atoms with Crippen LogP contribution >= 0.6 is 0 Å². The van der Waals surface area contributed by atoms with E-state index in [4.69, 9.17) is 0 Å². The summed E-state index contributed by atoms with van der Waals surface area (Å²) in [5, 5.41) is 0. The number of hydrogen-bond acceptors (Lipinski definition) is 1. The summed E-state index contributed by atoms with van der Waals surface area (Å²) < 4.78 is 0. The minimum absolute atomic E-state index is 0.583. The van der Waals surface area contributed by atoms with E-state index in [0.717, 1.165) is 5.92 Å². The first-order chi connectivity index (χ1) is 18.3. The van der Waals surface area contributed by atoms with Crippen molar-refractivity contribution in [2.24, 2.45) is 0 Å². The van der Waals surface area contributed by atoms with Crippen molar-refractivity contribution in [2.75, 3.05) is 4.90 Å². The summed E-state index contributed by atoms with van der Waals surface area (Å²) in [4.78, 5) is 2.73. The molecule has 194 valence electrons. The van der Waals surface area contributed by atoms with Gasteiger partial charge in [0.15, 0.2) is 0 Å². The van der Waals surface area contributed by atoms with Gasteiger partial charge < -0.3 is 4.90 Å². The molecule has 1 heterocycles. The minimum Gasteiger partial charge on any atom is -0.338 e. The number of rotatable bonds is 7. The molecule has 0 amide bonds. The lowest BCUT2D eigenvalue weighted by atomic mass is 9.73. The fourth-order valence-corrected chi connectivity index (χ4v) is 7.98. The van der Waals surface area contributed by atoms with Crippen LogP contribution in [-0.4, -0.2) is 6.04 Å². The van der Waals surface area contributed by atoms with Gasteiger partial charge in [-0.3, -0.25) is 0 Å². The molecule has 2 saturated carbocycles. The zero-order valence-corrected chi connectivity index (χ0v) is 23.0. The van der Waals surface area contributed by atoms with Crippen LogP contribution in [0.1, 0.15) is 130 Å². The van der Waals surface area contributed by atoms with Crippen molar-refractivity contribution in [3.63, 3.8) is 0 Å². The number of anilines is 2. The molecule has 0 spiro atoms. The topological polar surface area (TPSA) is 3.24 Å². The molecule has 4 atom stereocenters. The summed E-state index contributed by atoms with van der Waals surface area (Å²) >= 11 is 0. The van der Waals surface area contributed by atoms with Gasteiger partial charge in [0.05, 0.1) is 0 Å². The summed E-state index contributed by atoms with van der Waals surface area (Å²) in [6.07, 6.45) is 14.6. The van der Waals surface area contributed by atoms with Crippen molar-refractivity contribution in [3.05, 3.63) is 95.1 Å². The van der Waals surface area contributed by atoms with Crippen molar-refractivity contribution in [2.45, 2.75) is 114 Å². The van der Waals surface area contributed by atoms with E-state index in [1.54, 1.807) is 11.1 Å². The van der Waals surface area contributed by atoms with Crippen LogP contribution in [-0.2, 0) is 0 Å². The molecule has 6 rings (SSSR count). The predicted octanol–water partition coefficient (Wildman–Crippen LogP) is 10.6. The Morgan fingerprint density at radius 1 is 0.757 bits per heavy atom. The second kappa shape index (κ2) is 11.1. The third-order valence-corrected chi connectivity index (χ3v) is 9.98. The van der Waals surface area contributed by atoms with Crippen molar-refractivity contribution in [3.8, 4) is 0 Å². The largest absolute Gasteiger partial charge is 0.338 e. The van der Waals surface area contributed by atoms with E-state index in [1.165, 1.54) is 93.1 Å². The molecule has 1 nitrogen and oxygen atoms in total. The van der Waals surface area contributed by atoms with Crippen LogP contribution in [0.2, 0.25) is 0 Å². The van der Waals surface area contributed by atoms with Crippen LogP contribution in [0, 0.1) is 0 Å². The molecule has 0 aromatic heterocycles. The first-order valence-corrected chi connectivity index (χ1v) is 15.3. The Labute approximate surface area is 225 Å². The Kier molecular flexibility index (Phi) is 7.41. The highest BCUT2D eigenvalue weighted by Gasteiger charge is 2.43. The van der Waals surface area contributed by atoms with E-state index >= 15 is 0 Å². The van der Waals surface area contributed by atoms with E-state index in [9.17, 15) is 0 Å². The zero-order valence-electron chi connectivity index (χ0n) is 23.0. The highest BCUT2D eigenvalue weighted by Crippen LogP contribution is 2.54. The summed E-state index contributed by atoms with van der Waals surface area (Å²) in [5.41, 5.74) is 9.18. The van der Waals surface area contributed by atoms with Gasteiger partial charge in [0.1, 0.15) is 0 Å². The van der Waals surface area contributed by atoms with Gasteiger partial charge >= 0.3 is 0 Å².